The molecule has 2 aromatic rings. The van der Waals surface area contributed by atoms with E-state index in [1.165, 1.54) is 4.90 Å². The topological polar surface area (TPSA) is 71.8 Å². The van der Waals surface area contributed by atoms with Crippen molar-refractivity contribution in [3.8, 4) is 0 Å². The Morgan fingerprint density at radius 3 is 2.73 bits per heavy atom. The Hall–Kier alpha value is -2.34. The highest BCUT2D eigenvalue weighted by molar-refractivity contribution is 5.98. The lowest BCUT2D eigenvalue weighted by molar-refractivity contribution is -0.137. The van der Waals surface area contributed by atoms with Gasteiger partial charge in [-0.15, -0.1) is 0 Å². The van der Waals surface area contributed by atoms with E-state index >= 15 is 0 Å². The standard InChI is InChI=1S/C16H20N2O4/c1-17(8-7-15(19)20)16(21)14-11-12-5-3-4-6-13(12)18(14)9-10-22-2/h3-6,11H,7-10H2,1-2H3,(H,19,20). The molecule has 0 saturated heterocycles. The number of benzene rings is 1. The molecular weight excluding hydrogens is 284 g/mol. The van der Waals surface area contributed by atoms with Crippen molar-refractivity contribution in [1.82, 2.24) is 9.47 Å². The van der Waals surface area contributed by atoms with Crippen molar-refractivity contribution in [2.24, 2.45) is 0 Å². The lowest BCUT2D eigenvalue weighted by atomic mass is 10.2. The number of carbonyl (C=O) groups excluding carboxylic acids is 1. The number of para-hydroxylation sites is 1. The number of methoxy groups -OCH3 is 1. The van der Waals surface area contributed by atoms with Gasteiger partial charge in [-0.2, -0.15) is 0 Å². The molecule has 0 radical (unpaired) electrons. The predicted octanol–water partition coefficient (Wildman–Crippen LogP) is 1.83. The quantitative estimate of drug-likeness (QED) is 0.847. The van der Waals surface area contributed by atoms with E-state index in [0.29, 0.717) is 18.8 Å². The normalized spacial score (nSPS) is 10.8. The van der Waals surface area contributed by atoms with Gasteiger partial charge in [0.15, 0.2) is 0 Å². The molecule has 22 heavy (non-hydrogen) atoms. The lowest BCUT2D eigenvalue weighted by Gasteiger charge is -2.17. The van der Waals surface area contributed by atoms with Gasteiger partial charge in [0.1, 0.15) is 5.69 Å². The van der Waals surface area contributed by atoms with E-state index in [1.54, 1.807) is 14.2 Å². The molecule has 6 heteroatoms. The van der Waals surface area contributed by atoms with Crippen LogP contribution in [0.4, 0.5) is 0 Å². The van der Waals surface area contributed by atoms with Crippen LogP contribution in [0.25, 0.3) is 10.9 Å². The highest BCUT2D eigenvalue weighted by Crippen LogP contribution is 2.21. The van der Waals surface area contributed by atoms with Crippen LogP contribution < -0.4 is 0 Å². The molecule has 0 unspecified atom stereocenters. The Balaban J connectivity index is 2.32. The first-order valence-corrected chi connectivity index (χ1v) is 7.09. The summed E-state index contributed by atoms with van der Waals surface area (Å²) >= 11 is 0. The Morgan fingerprint density at radius 1 is 1.32 bits per heavy atom. The van der Waals surface area contributed by atoms with Crippen molar-refractivity contribution in [3.05, 3.63) is 36.0 Å². The average Bonchev–Trinajstić information content (AvgIpc) is 2.88. The van der Waals surface area contributed by atoms with E-state index in [2.05, 4.69) is 0 Å². The molecule has 1 amide bonds. The molecule has 0 saturated carbocycles. The smallest absolute Gasteiger partial charge is 0.305 e. The molecule has 0 atom stereocenters. The fourth-order valence-corrected chi connectivity index (χ4v) is 2.37. The molecule has 0 aliphatic carbocycles. The van der Waals surface area contributed by atoms with Gasteiger partial charge >= 0.3 is 5.97 Å². The first-order valence-electron chi connectivity index (χ1n) is 7.09. The van der Waals surface area contributed by atoms with Gasteiger partial charge in [-0.25, -0.2) is 0 Å². The van der Waals surface area contributed by atoms with Gasteiger partial charge < -0.3 is 19.3 Å². The second kappa shape index (κ2) is 7.09. The zero-order valence-electron chi connectivity index (χ0n) is 12.8. The summed E-state index contributed by atoms with van der Waals surface area (Å²) in [6.45, 7) is 1.25. The van der Waals surface area contributed by atoms with E-state index in [0.717, 1.165) is 10.9 Å². The number of fused-ring (bicyclic) bond motifs is 1. The third kappa shape index (κ3) is 3.46. The van der Waals surface area contributed by atoms with Crippen molar-refractivity contribution in [2.75, 3.05) is 27.3 Å². The van der Waals surface area contributed by atoms with Crippen LogP contribution >= 0.6 is 0 Å². The van der Waals surface area contributed by atoms with Gasteiger partial charge in [-0.05, 0) is 12.1 Å². The summed E-state index contributed by atoms with van der Waals surface area (Å²) in [7, 11) is 3.23. The largest absolute Gasteiger partial charge is 0.481 e. The molecule has 2 rings (SSSR count). The Kier molecular flexibility index (Phi) is 5.16. The third-order valence-corrected chi connectivity index (χ3v) is 3.56. The van der Waals surface area contributed by atoms with Crippen LogP contribution in [-0.4, -0.2) is 53.8 Å². The fraction of sp³-hybridized carbons (Fsp3) is 0.375. The maximum atomic E-state index is 12.6. The lowest BCUT2D eigenvalue weighted by Crippen LogP contribution is -2.31. The number of aromatic nitrogens is 1. The van der Waals surface area contributed by atoms with Crippen molar-refractivity contribution in [3.63, 3.8) is 0 Å². The molecule has 0 bridgehead atoms. The maximum Gasteiger partial charge on any atom is 0.305 e. The van der Waals surface area contributed by atoms with Crippen LogP contribution in [0, 0.1) is 0 Å². The van der Waals surface area contributed by atoms with Crippen molar-refractivity contribution in [2.45, 2.75) is 13.0 Å². The number of carbonyl (C=O) groups is 2. The summed E-state index contributed by atoms with van der Waals surface area (Å²) in [6.07, 6.45) is -0.0689. The molecule has 0 spiro atoms. The number of aliphatic carboxylic acids is 1. The van der Waals surface area contributed by atoms with Crippen molar-refractivity contribution in [1.29, 1.82) is 0 Å². The van der Waals surface area contributed by atoms with Crippen molar-refractivity contribution >= 4 is 22.8 Å². The summed E-state index contributed by atoms with van der Waals surface area (Å²) in [5, 5.41) is 9.72. The van der Waals surface area contributed by atoms with Crippen LogP contribution in [0.2, 0.25) is 0 Å². The number of hydrogen-bond acceptors (Lipinski definition) is 3. The molecule has 1 aromatic carbocycles. The summed E-state index contributed by atoms with van der Waals surface area (Å²) in [4.78, 5) is 24.7. The summed E-state index contributed by atoms with van der Waals surface area (Å²) in [5.74, 6) is -1.10. The van der Waals surface area contributed by atoms with Gasteiger partial charge in [0.05, 0.1) is 13.0 Å². The fourth-order valence-electron chi connectivity index (χ4n) is 2.37. The monoisotopic (exact) mass is 304 g/mol. The predicted molar refractivity (Wildman–Crippen MR) is 83.0 cm³/mol. The highest BCUT2D eigenvalue weighted by Gasteiger charge is 2.19. The van der Waals surface area contributed by atoms with Gasteiger partial charge in [0, 0.05) is 38.1 Å². The first kappa shape index (κ1) is 16.0. The zero-order chi connectivity index (χ0) is 16.1. The third-order valence-electron chi connectivity index (χ3n) is 3.56. The minimum absolute atomic E-state index is 0.0689. The molecule has 118 valence electrons. The molecular formula is C16H20N2O4. The number of carboxylic acids is 1. The number of carboxylic acid groups (broad SMARTS) is 1. The van der Waals surface area contributed by atoms with E-state index in [9.17, 15) is 9.59 Å². The first-order chi connectivity index (χ1) is 10.5. The Morgan fingerprint density at radius 2 is 2.05 bits per heavy atom. The van der Waals surface area contributed by atoms with Gasteiger partial charge in [-0.3, -0.25) is 9.59 Å². The van der Waals surface area contributed by atoms with E-state index < -0.39 is 5.97 Å². The maximum absolute atomic E-state index is 12.6. The molecule has 1 aromatic heterocycles. The Bertz CT molecular complexity index is 678. The molecule has 1 heterocycles. The molecule has 6 nitrogen and oxygen atoms in total. The van der Waals surface area contributed by atoms with E-state index in [4.69, 9.17) is 9.84 Å². The van der Waals surface area contributed by atoms with Crippen molar-refractivity contribution < 1.29 is 19.4 Å². The minimum Gasteiger partial charge on any atom is -0.481 e. The minimum atomic E-state index is -0.917. The SMILES string of the molecule is COCCn1c(C(=O)N(C)CCC(=O)O)cc2ccccc21. The van der Waals surface area contributed by atoms with Crippen LogP contribution in [0.3, 0.4) is 0 Å². The highest BCUT2D eigenvalue weighted by atomic mass is 16.5. The number of hydrogen-bond donors (Lipinski definition) is 1. The van der Waals surface area contributed by atoms with Crippen LogP contribution in [0.1, 0.15) is 16.9 Å². The number of amides is 1. The summed E-state index contributed by atoms with van der Waals surface area (Å²) in [5.41, 5.74) is 1.51. The van der Waals surface area contributed by atoms with Crippen LogP contribution in [0.15, 0.2) is 30.3 Å². The van der Waals surface area contributed by atoms with E-state index in [1.807, 2.05) is 34.9 Å². The summed E-state index contributed by atoms with van der Waals surface area (Å²) in [6, 6.07) is 9.59. The zero-order valence-corrected chi connectivity index (χ0v) is 12.8. The Labute approximate surface area is 128 Å². The second-order valence-corrected chi connectivity index (χ2v) is 5.10. The van der Waals surface area contributed by atoms with Crippen LogP contribution in [-0.2, 0) is 16.1 Å². The number of rotatable bonds is 7. The molecule has 1 N–H and O–H groups in total. The van der Waals surface area contributed by atoms with Gasteiger partial charge in [0.2, 0.25) is 0 Å². The summed E-state index contributed by atoms with van der Waals surface area (Å²) < 4.78 is 7.03. The van der Waals surface area contributed by atoms with Gasteiger partial charge in [0.25, 0.3) is 5.91 Å². The van der Waals surface area contributed by atoms with Crippen LogP contribution in [0.5, 0.6) is 0 Å². The number of ether oxygens (including phenoxy) is 1. The van der Waals surface area contributed by atoms with Gasteiger partial charge in [-0.1, -0.05) is 18.2 Å². The number of nitrogens with zero attached hydrogens (tertiary/aromatic N) is 2. The molecule has 0 fully saturated rings. The van der Waals surface area contributed by atoms with E-state index in [-0.39, 0.29) is 18.9 Å². The second-order valence-electron chi connectivity index (χ2n) is 5.10. The molecule has 0 aliphatic heterocycles. The average molecular weight is 304 g/mol. The molecule has 0 aliphatic rings.